The van der Waals surface area contributed by atoms with Crippen LogP contribution in [0.15, 0.2) is 0 Å². The molecule has 7 nitrogen and oxygen atoms in total. The van der Waals surface area contributed by atoms with Gasteiger partial charge in [-0.15, -0.1) is 11.8 Å². The number of rotatable bonds is 7. The van der Waals surface area contributed by atoms with E-state index in [2.05, 4.69) is 19.6 Å². The Kier molecular flexibility index (Phi) is 6.58. The van der Waals surface area contributed by atoms with Crippen molar-refractivity contribution in [2.45, 2.75) is 74.7 Å². The van der Waals surface area contributed by atoms with Crippen molar-refractivity contribution in [2.75, 3.05) is 26.0 Å². The molecule has 3 rings (SSSR count). The van der Waals surface area contributed by atoms with Gasteiger partial charge in [0.15, 0.2) is 11.2 Å². The molecule has 3 fully saturated rings. The molecule has 3 heterocycles. The smallest absolute Gasteiger partial charge is 0.262 e. The van der Waals surface area contributed by atoms with Crippen LogP contribution in [0.5, 0.6) is 0 Å². The topological polar surface area (TPSA) is 76.2 Å². The maximum absolute atomic E-state index is 13.4. The van der Waals surface area contributed by atoms with E-state index >= 15 is 0 Å². The van der Waals surface area contributed by atoms with Crippen LogP contribution in [0.4, 0.5) is 0 Å². The molecule has 2 amide bonds. The first kappa shape index (κ1) is 21.8. The number of carbonyl (C=O) groups is 3. The Morgan fingerprint density at radius 3 is 2.68 bits per heavy atom. The fourth-order valence-corrected chi connectivity index (χ4v) is 8.29. The summed E-state index contributed by atoms with van der Waals surface area (Å²) in [5.74, 6) is 0.434. The van der Waals surface area contributed by atoms with E-state index in [1.807, 2.05) is 0 Å². The van der Waals surface area contributed by atoms with Crippen LogP contribution in [0.3, 0.4) is 0 Å². The van der Waals surface area contributed by atoms with Crippen molar-refractivity contribution >= 4 is 37.9 Å². The fourth-order valence-electron chi connectivity index (χ4n) is 4.12. The zero-order valence-electron chi connectivity index (χ0n) is 17.3. The summed E-state index contributed by atoms with van der Waals surface area (Å²) in [5.41, 5.74) is 0. The zero-order chi connectivity index (χ0) is 20.5. The second kappa shape index (κ2) is 8.45. The van der Waals surface area contributed by atoms with Gasteiger partial charge in [0.1, 0.15) is 12.4 Å². The summed E-state index contributed by atoms with van der Waals surface area (Å²) in [6.45, 7) is 7.51. The predicted octanol–water partition coefficient (Wildman–Crippen LogP) is 1.94. The molecule has 9 heteroatoms. The molecule has 1 unspecified atom stereocenters. The maximum atomic E-state index is 13.4. The van der Waals surface area contributed by atoms with Crippen LogP contribution >= 0.6 is 11.8 Å². The van der Waals surface area contributed by atoms with E-state index in [0.29, 0.717) is 13.0 Å². The van der Waals surface area contributed by atoms with Gasteiger partial charge in [-0.2, -0.15) is 0 Å². The summed E-state index contributed by atoms with van der Waals surface area (Å²) >= 11 is 1.48. The third kappa shape index (κ3) is 4.17. The van der Waals surface area contributed by atoms with Crippen LogP contribution in [-0.4, -0.2) is 85.2 Å². The Bertz CT molecular complexity index is 622. The lowest BCUT2D eigenvalue weighted by atomic mass is 10.1. The minimum atomic E-state index is -1.32. The molecule has 28 heavy (non-hydrogen) atoms. The maximum Gasteiger partial charge on any atom is 0.262 e. The van der Waals surface area contributed by atoms with Gasteiger partial charge in [0.05, 0.1) is 12.6 Å². The minimum absolute atomic E-state index is 0.00610. The molecule has 0 aliphatic carbocycles. The fraction of sp³-hybridized carbons (Fsp3) is 0.842. The quantitative estimate of drug-likeness (QED) is 0.456. The molecule has 0 N–H and O–H groups in total. The second-order valence-electron chi connectivity index (χ2n) is 9.14. The first-order valence-electron chi connectivity index (χ1n) is 10.1. The van der Waals surface area contributed by atoms with Crippen molar-refractivity contribution in [3.05, 3.63) is 0 Å². The van der Waals surface area contributed by atoms with Crippen LogP contribution in [0.1, 0.15) is 25.7 Å². The molecule has 4 atom stereocenters. The van der Waals surface area contributed by atoms with Gasteiger partial charge in [-0.3, -0.25) is 9.59 Å². The molecule has 0 aromatic heterocycles. The summed E-state index contributed by atoms with van der Waals surface area (Å²) in [7, 11) is 0.335. The molecular formula is C19H32N2O5SSi. The lowest BCUT2D eigenvalue weighted by Gasteiger charge is -2.47. The molecule has 158 valence electrons. The first-order chi connectivity index (χ1) is 13.2. The third-order valence-corrected chi connectivity index (χ3v) is 9.26. The van der Waals surface area contributed by atoms with Gasteiger partial charge in [0.2, 0.25) is 5.91 Å². The number of aldehydes is 1. The molecular weight excluding hydrogens is 396 g/mol. The second-order valence-corrected chi connectivity index (χ2v) is 16.1. The normalized spacial score (nSPS) is 33.9. The lowest BCUT2D eigenvalue weighted by Crippen LogP contribution is -2.68. The Balaban J connectivity index is 1.92. The Morgan fingerprint density at radius 2 is 2.07 bits per heavy atom. The Morgan fingerprint density at radius 1 is 1.32 bits per heavy atom. The van der Waals surface area contributed by atoms with Gasteiger partial charge in [-0.1, -0.05) is 19.6 Å². The lowest BCUT2D eigenvalue weighted by molar-refractivity contribution is -0.200. The van der Waals surface area contributed by atoms with Crippen molar-refractivity contribution in [3.8, 4) is 0 Å². The molecule has 3 aliphatic heterocycles. The van der Waals surface area contributed by atoms with Gasteiger partial charge >= 0.3 is 0 Å². The highest BCUT2D eigenvalue weighted by Gasteiger charge is 2.65. The molecule has 0 aromatic carbocycles. The van der Waals surface area contributed by atoms with Gasteiger partial charge in [-0.05, 0) is 31.1 Å². The Labute approximate surface area is 172 Å². The first-order valence-corrected chi connectivity index (χ1v) is 14.8. The molecule has 0 spiro atoms. The molecule has 3 aliphatic rings. The van der Waals surface area contributed by atoms with E-state index in [9.17, 15) is 14.4 Å². The van der Waals surface area contributed by atoms with Crippen LogP contribution in [0.25, 0.3) is 0 Å². The molecule has 0 radical (unpaired) electrons. The van der Waals surface area contributed by atoms with Crippen molar-refractivity contribution in [3.63, 3.8) is 0 Å². The van der Waals surface area contributed by atoms with Crippen molar-refractivity contribution in [1.82, 2.24) is 9.80 Å². The summed E-state index contributed by atoms with van der Waals surface area (Å²) in [6.07, 6.45) is 3.00. The monoisotopic (exact) mass is 428 g/mol. The number of fused-ring (bicyclic) bond motifs is 1. The van der Waals surface area contributed by atoms with E-state index in [1.165, 1.54) is 21.6 Å². The average molecular weight is 429 g/mol. The number of carbonyl (C=O) groups excluding carboxylic acids is 3. The SMILES string of the molecule is CN1CC(=O)N2[C@H](C=O)C[C@H](OC3CCCCO3)[C@@]2(SCC[Si](C)(C)C)C1=O. The zero-order valence-corrected chi connectivity index (χ0v) is 19.1. The molecule has 0 saturated carbocycles. The van der Waals surface area contributed by atoms with Crippen molar-refractivity contribution < 1.29 is 23.9 Å². The van der Waals surface area contributed by atoms with E-state index in [4.69, 9.17) is 9.47 Å². The standard InChI is InChI=1S/C19H32N2O5SSi/c1-20-12-16(23)21-14(13-22)11-15(26-17-7-5-6-8-25-17)19(21,18(20)24)27-9-10-28(2,3)4/h13-15,17H,5-12H2,1-4H3/t14-,15-,17?,19+/m0/s1. The van der Waals surface area contributed by atoms with Gasteiger partial charge in [0, 0.05) is 28.1 Å². The van der Waals surface area contributed by atoms with E-state index in [-0.39, 0.29) is 24.6 Å². The number of ether oxygens (including phenoxy) is 2. The minimum Gasteiger partial charge on any atom is -0.353 e. The average Bonchev–Trinajstić information content (AvgIpc) is 2.94. The van der Waals surface area contributed by atoms with Gasteiger partial charge in [-0.25, -0.2) is 0 Å². The number of hydrogen-bond acceptors (Lipinski definition) is 6. The number of piperazine rings is 1. The van der Waals surface area contributed by atoms with Crippen LogP contribution in [-0.2, 0) is 23.9 Å². The molecule has 3 saturated heterocycles. The van der Waals surface area contributed by atoms with E-state index in [0.717, 1.165) is 37.3 Å². The van der Waals surface area contributed by atoms with Crippen molar-refractivity contribution in [1.29, 1.82) is 0 Å². The number of thioether (sulfide) groups is 1. The van der Waals surface area contributed by atoms with Crippen molar-refractivity contribution in [2.24, 2.45) is 0 Å². The summed E-state index contributed by atoms with van der Waals surface area (Å²) in [6, 6.07) is 0.398. The van der Waals surface area contributed by atoms with E-state index in [1.54, 1.807) is 7.05 Å². The summed E-state index contributed by atoms with van der Waals surface area (Å²) in [4.78, 5) is 39.9. The molecule has 0 bridgehead atoms. The van der Waals surface area contributed by atoms with Gasteiger partial charge in [0.25, 0.3) is 5.91 Å². The summed E-state index contributed by atoms with van der Waals surface area (Å²) in [5, 5.41) is 0. The summed E-state index contributed by atoms with van der Waals surface area (Å²) < 4.78 is 12.0. The number of hydrogen-bond donors (Lipinski definition) is 0. The van der Waals surface area contributed by atoms with Crippen LogP contribution < -0.4 is 0 Å². The predicted molar refractivity (Wildman–Crippen MR) is 111 cm³/mol. The van der Waals surface area contributed by atoms with E-state index < -0.39 is 25.1 Å². The van der Waals surface area contributed by atoms with Gasteiger partial charge < -0.3 is 24.1 Å². The highest BCUT2D eigenvalue weighted by molar-refractivity contribution is 8.01. The number of likely N-dealkylation sites (N-methyl/N-ethyl adjacent to an activating group) is 1. The van der Waals surface area contributed by atoms with Crippen LogP contribution in [0, 0.1) is 0 Å². The molecule has 0 aromatic rings. The number of nitrogens with zero attached hydrogens (tertiary/aromatic N) is 2. The highest BCUT2D eigenvalue weighted by Crippen LogP contribution is 2.48. The third-order valence-electron chi connectivity index (χ3n) is 5.66. The Hall–Kier alpha value is -0.903. The number of amides is 2. The largest absolute Gasteiger partial charge is 0.353 e. The van der Waals surface area contributed by atoms with Crippen LogP contribution in [0.2, 0.25) is 25.7 Å². The highest BCUT2D eigenvalue weighted by atomic mass is 32.2.